The van der Waals surface area contributed by atoms with Gasteiger partial charge < -0.3 is 25.6 Å². The largest absolute Gasteiger partial charge is 0.457 e. The lowest BCUT2D eigenvalue weighted by Gasteiger charge is -2.46. The molecule has 4 atom stereocenters. The molecule has 6 rings (SSSR count). The highest BCUT2D eigenvalue weighted by atomic mass is 32.2. The minimum Gasteiger partial charge on any atom is -0.457 e. The summed E-state index contributed by atoms with van der Waals surface area (Å²) in [7, 11) is 2.08. The summed E-state index contributed by atoms with van der Waals surface area (Å²) in [6, 6.07) is 11.3. The quantitative estimate of drug-likeness (QED) is 0.536. The molecule has 0 saturated carbocycles. The highest BCUT2D eigenvalue weighted by Crippen LogP contribution is 2.48. The smallest absolute Gasteiger partial charge is 0.326 e. The zero-order chi connectivity index (χ0) is 26.4. The Labute approximate surface area is 226 Å². The van der Waals surface area contributed by atoms with Crippen LogP contribution in [0.25, 0.3) is 0 Å². The standard InChI is InChI=1S/C28H32FN5O3S/c1-16-14-20(37-19-7-5-17(29)6-8-19)9-10-21(16)34-22-11-12-30-27-23(22)24(32-28(34)36)25(38-27)26(35)31-18-4-3-13-33(2)15-18/h5-10,14,18,22-23,27,30H,3-4,11-13,15H2,1-2H3,(H,31,35)(H,32,36)/t18-,22?,23?,27?/m1/s1. The van der Waals surface area contributed by atoms with Gasteiger partial charge in [-0.25, -0.2) is 9.18 Å². The summed E-state index contributed by atoms with van der Waals surface area (Å²) >= 11 is 1.53. The van der Waals surface area contributed by atoms with Crippen LogP contribution in [0.2, 0.25) is 0 Å². The molecule has 3 N–H and O–H groups in total. The van der Waals surface area contributed by atoms with E-state index < -0.39 is 0 Å². The van der Waals surface area contributed by atoms with Crippen LogP contribution >= 0.6 is 11.8 Å². The van der Waals surface area contributed by atoms with Crippen LogP contribution in [0.3, 0.4) is 0 Å². The summed E-state index contributed by atoms with van der Waals surface area (Å²) in [5.74, 6) is 0.742. The number of hydrogen-bond acceptors (Lipinski definition) is 6. The molecule has 4 aliphatic heterocycles. The minimum absolute atomic E-state index is 0.00392. The lowest BCUT2D eigenvalue weighted by molar-refractivity contribution is -0.117. The maximum absolute atomic E-state index is 13.5. The molecule has 38 heavy (non-hydrogen) atoms. The Morgan fingerprint density at radius 2 is 1.95 bits per heavy atom. The number of carbonyl (C=O) groups excluding carboxylic acids is 2. The van der Waals surface area contributed by atoms with Crippen LogP contribution < -0.4 is 25.6 Å². The average Bonchev–Trinajstić information content (AvgIpc) is 3.26. The second-order valence-corrected chi connectivity index (χ2v) is 11.6. The van der Waals surface area contributed by atoms with E-state index in [1.807, 2.05) is 30.0 Å². The van der Waals surface area contributed by atoms with Gasteiger partial charge in [-0.05, 0) is 94.4 Å². The Balaban J connectivity index is 1.24. The third-order valence-corrected chi connectivity index (χ3v) is 9.14. The molecule has 0 aliphatic carbocycles. The van der Waals surface area contributed by atoms with E-state index in [0.29, 0.717) is 16.4 Å². The number of halogens is 1. The number of amides is 3. The lowest BCUT2D eigenvalue weighted by Crippen LogP contribution is -2.62. The Kier molecular flexibility index (Phi) is 6.79. The van der Waals surface area contributed by atoms with E-state index in [4.69, 9.17) is 4.74 Å². The van der Waals surface area contributed by atoms with Crippen LogP contribution in [-0.4, -0.2) is 61.0 Å². The van der Waals surface area contributed by atoms with Gasteiger partial charge in [-0.1, -0.05) is 11.8 Å². The van der Waals surface area contributed by atoms with Gasteiger partial charge in [-0.15, -0.1) is 0 Å². The molecular formula is C28H32FN5O3S. The normalized spacial score (nSPS) is 27.1. The predicted molar refractivity (Wildman–Crippen MR) is 146 cm³/mol. The number of carbonyl (C=O) groups is 2. The molecule has 8 nitrogen and oxygen atoms in total. The van der Waals surface area contributed by atoms with Crippen LogP contribution in [0.15, 0.2) is 53.1 Å². The van der Waals surface area contributed by atoms with Crippen LogP contribution in [0.5, 0.6) is 11.5 Å². The number of rotatable bonds is 5. The molecular weight excluding hydrogens is 505 g/mol. The highest BCUT2D eigenvalue weighted by Gasteiger charge is 2.52. The average molecular weight is 538 g/mol. The number of aryl methyl sites for hydroxylation is 1. The van der Waals surface area contributed by atoms with Gasteiger partial charge in [0.15, 0.2) is 0 Å². The molecule has 0 radical (unpaired) electrons. The number of nitrogens with zero attached hydrogens (tertiary/aromatic N) is 2. The molecule has 4 heterocycles. The number of likely N-dealkylation sites (tertiary alicyclic amines) is 1. The van der Waals surface area contributed by atoms with Crippen molar-refractivity contribution in [3.63, 3.8) is 0 Å². The first kappa shape index (κ1) is 25.2. The van der Waals surface area contributed by atoms with Gasteiger partial charge in [-0.3, -0.25) is 9.69 Å². The first-order valence-electron chi connectivity index (χ1n) is 13.2. The fraction of sp³-hybridized carbons (Fsp3) is 0.429. The van der Waals surface area contributed by atoms with Crippen molar-refractivity contribution >= 4 is 29.4 Å². The van der Waals surface area contributed by atoms with Crippen molar-refractivity contribution in [3.8, 4) is 11.5 Å². The van der Waals surface area contributed by atoms with E-state index in [-0.39, 0.29) is 41.1 Å². The number of benzene rings is 2. The van der Waals surface area contributed by atoms with Crippen LogP contribution in [-0.2, 0) is 4.79 Å². The summed E-state index contributed by atoms with van der Waals surface area (Å²) in [6.45, 7) is 4.61. The second-order valence-electron chi connectivity index (χ2n) is 10.5. The molecule has 0 bridgehead atoms. The Morgan fingerprint density at radius 3 is 2.71 bits per heavy atom. The molecule has 3 fully saturated rings. The maximum atomic E-state index is 13.5. The maximum Gasteiger partial charge on any atom is 0.326 e. The topological polar surface area (TPSA) is 85.9 Å². The van der Waals surface area contributed by atoms with Crippen molar-refractivity contribution in [2.24, 2.45) is 5.92 Å². The van der Waals surface area contributed by atoms with E-state index in [9.17, 15) is 14.0 Å². The van der Waals surface area contributed by atoms with Crippen molar-refractivity contribution in [2.75, 3.05) is 31.6 Å². The van der Waals surface area contributed by atoms with Crippen LogP contribution in [0.1, 0.15) is 24.8 Å². The molecule has 200 valence electrons. The molecule has 2 aromatic rings. The van der Waals surface area contributed by atoms with Gasteiger partial charge in [0.05, 0.1) is 16.3 Å². The van der Waals surface area contributed by atoms with Crippen molar-refractivity contribution in [2.45, 2.75) is 43.6 Å². The Morgan fingerprint density at radius 1 is 1.16 bits per heavy atom. The monoisotopic (exact) mass is 537 g/mol. The summed E-state index contributed by atoms with van der Waals surface area (Å²) in [5.41, 5.74) is 2.45. The Hall–Kier alpha value is -3.08. The zero-order valence-electron chi connectivity index (χ0n) is 21.5. The minimum atomic E-state index is -0.319. The number of anilines is 1. The molecule has 3 unspecified atom stereocenters. The number of thioether (sulfide) groups is 1. The summed E-state index contributed by atoms with van der Waals surface area (Å²) in [6.07, 6.45) is 2.82. The fourth-order valence-corrected chi connectivity index (χ4v) is 7.44. The number of likely N-dealkylation sites (N-methyl/N-ethyl adjacent to an activating group) is 1. The van der Waals surface area contributed by atoms with E-state index >= 15 is 0 Å². The summed E-state index contributed by atoms with van der Waals surface area (Å²) in [5, 5.41) is 9.89. The van der Waals surface area contributed by atoms with Gasteiger partial charge in [0, 0.05) is 29.9 Å². The number of urea groups is 1. The third kappa shape index (κ3) is 4.76. The molecule has 4 aliphatic rings. The van der Waals surface area contributed by atoms with Gasteiger partial charge >= 0.3 is 6.03 Å². The molecule has 0 aromatic heterocycles. The van der Waals surface area contributed by atoms with Gasteiger partial charge in [0.1, 0.15) is 17.3 Å². The number of ether oxygens (including phenoxy) is 1. The number of hydrogen-bond donors (Lipinski definition) is 3. The first-order chi connectivity index (χ1) is 18.4. The second kappa shape index (κ2) is 10.2. The van der Waals surface area contributed by atoms with E-state index in [1.165, 1.54) is 23.9 Å². The Bertz CT molecular complexity index is 1290. The van der Waals surface area contributed by atoms with E-state index in [2.05, 4.69) is 27.9 Å². The lowest BCUT2D eigenvalue weighted by atomic mass is 9.86. The van der Waals surface area contributed by atoms with Crippen LogP contribution in [0, 0.1) is 18.7 Å². The van der Waals surface area contributed by atoms with Crippen LogP contribution in [0.4, 0.5) is 14.9 Å². The fourth-order valence-electron chi connectivity index (χ4n) is 6.04. The SMILES string of the molecule is Cc1cc(Oc2ccc(F)cc2)ccc1N1C(=O)NC2=C(C(=O)N[C@@H]3CCCN(C)C3)SC3NCCC1C23. The number of nitrogens with one attached hydrogen (secondary N) is 3. The van der Waals surface area contributed by atoms with Crippen molar-refractivity contribution in [1.82, 2.24) is 20.9 Å². The molecule has 0 spiro atoms. The predicted octanol–water partition coefficient (Wildman–Crippen LogP) is 3.93. The highest BCUT2D eigenvalue weighted by molar-refractivity contribution is 8.04. The van der Waals surface area contributed by atoms with Crippen molar-refractivity contribution in [1.29, 1.82) is 0 Å². The summed E-state index contributed by atoms with van der Waals surface area (Å²) < 4.78 is 19.1. The van der Waals surface area contributed by atoms with Gasteiger partial charge in [0.2, 0.25) is 0 Å². The van der Waals surface area contributed by atoms with Crippen molar-refractivity contribution < 1.29 is 18.7 Å². The molecule has 3 amide bonds. The molecule has 2 aromatic carbocycles. The molecule has 3 saturated heterocycles. The van der Waals surface area contributed by atoms with E-state index in [0.717, 1.165) is 55.8 Å². The van der Waals surface area contributed by atoms with Gasteiger partial charge in [-0.2, -0.15) is 0 Å². The molecule has 10 heteroatoms. The third-order valence-electron chi connectivity index (χ3n) is 7.78. The van der Waals surface area contributed by atoms with Crippen molar-refractivity contribution in [3.05, 3.63) is 64.4 Å². The number of piperidine rings is 2. The zero-order valence-corrected chi connectivity index (χ0v) is 22.3. The van der Waals surface area contributed by atoms with E-state index in [1.54, 1.807) is 12.1 Å². The first-order valence-corrected chi connectivity index (χ1v) is 14.0. The summed E-state index contributed by atoms with van der Waals surface area (Å²) in [4.78, 5) is 31.6. The van der Waals surface area contributed by atoms with Gasteiger partial charge in [0.25, 0.3) is 5.91 Å².